The van der Waals surface area contributed by atoms with Crippen molar-refractivity contribution in [3.63, 3.8) is 0 Å². The lowest BCUT2D eigenvalue weighted by atomic mass is 9.85. The molecule has 0 radical (unpaired) electrons. The summed E-state index contributed by atoms with van der Waals surface area (Å²) in [7, 11) is 0. The fourth-order valence-corrected chi connectivity index (χ4v) is 10.1. The summed E-state index contributed by atoms with van der Waals surface area (Å²) in [5, 5.41) is 41.8. The Balaban J connectivity index is 1.42. The van der Waals surface area contributed by atoms with Crippen molar-refractivity contribution in [2.24, 2.45) is 0 Å². The van der Waals surface area contributed by atoms with Crippen LogP contribution in [0.25, 0.3) is 77.9 Å². The number of fused-ring (bicyclic) bond motifs is 7. The van der Waals surface area contributed by atoms with Crippen molar-refractivity contribution < 1.29 is 52.7 Å². The number of benzene rings is 6. The Morgan fingerprint density at radius 1 is 0.319 bits per heavy atom. The van der Waals surface area contributed by atoms with E-state index in [1.54, 1.807) is 0 Å². The second-order valence-corrected chi connectivity index (χ2v) is 16.7. The molecule has 0 aliphatic heterocycles. The Morgan fingerprint density at radius 2 is 0.565 bits per heavy atom. The fourth-order valence-electron chi connectivity index (χ4n) is 8.66. The number of allylic oxidation sites excluding steroid dienone is 2. The highest BCUT2D eigenvalue weighted by molar-refractivity contribution is 7.16. The molecule has 6 aromatic carbocycles. The summed E-state index contributed by atoms with van der Waals surface area (Å²) in [6.45, 7) is 0. The van der Waals surface area contributed by atoms with Crippen molar-refractivity contribution >= 4 is 22.5 Å². The molecule has 0 saturated carbocycles. The van der Waals surface area contributed by atoms with E-state index in [1.165, 1.54) is 48.5 Å². The van der Waals surface area contributed by atoms with Crippen molar-refractivity contribution in [2.75, 3.05) is 0 Å². The van der Waals surface area contributed by atoms with E-state index in [4.69, 9.17) is 0 Å². The van der Waals surface area contributed by atoms with E-state index >= 15 is 0 Å². The van der Waals surface area contributed by atoms with Crippen molar-refractivity contribution in [2.45, 2.75) is 24.7 Å². The van der Waals surface area contributed by atoms with Gasteiger partial charge in [-0.1, -0.05) is 48.5 Å². The van der Waals surface area contributed by atoms with Gasteiger partial charge >= 0.3 is 24.7 Å². The molecule has 0 unspecified atom stereocenters. The molecule has 338 valence electrons. The van der Waals surface area contributed by atoms with E-state index in [0.29, 0.717) is 0 Å². The molecule has 9 rings (SSSR count). The zero-order valence-corrected chi connectivity index (χ0v) is 35.1. The molecule has 2 aliphatic carbocycles. The van der Waals surface area contributed by atoms with Crippen LogP contribution in [0, 0.1) is 45.3 Å². The van der Waals surface area contributed by atoms with Crippen LogP contribution in [-0.4, -0.2) is 0 Å². The normalized spacial score (nSPS) is 12.8. The van der Waals surface area contributed by atoms with Gasteiger partial charge in [0.2, 0.25) is 0 Å². The Labute approximate surface area is 386 Å². The summed E-state index contributed by atoms with van der Waals surface area (Å²) in [6, 6.07) is 29.3. The summed E-state index contributed by atoms with van der Waals surface area (Å²) in [6.07, 6.45) is -19.0. The first-order valence-electron chi connectivity index (χ1n) is 19.9. The van der Waals surface area contributed by atoms with Crippen molar-refractivity contribution in [1.29, 1.82) is 21.0 Å². The first kappa shape index (κ1) is 45.8. The van der Waals surface area contributed by atoms with Crippen LogP contribution in [0.4, 0.5) is 52.7 Å². The third-order valence-electron chi connectivity index (χ3n) is 11.8. The minimum absolute atomic E-state index is 0.000133. The second-order valence-electron chi connectivity index (χ2n) is 15.7. The molecule has 4 nitrogen and oxygen atoms in total. The highest BCUT2D eigenvalue weighted by Crippen LogP contribution is 2.65. The van der Waals surface area contributed by atoms with Gasteiger partial charge in [0.15, 0.2) is 0 Å². The lowest BCUT2D eigenvalue weighted by Gasteiger charge is -2.18. The van der Waals surface area contributed by atoms with Crippen LogP contribution in [0.5, 0.6) is 0 Å². The van der Waals surface area contributed by atoms with E-state index < -0.39 is 58.1 Å². The number of nitriles is 4. The number of alkyl halides is 12. The van der Waals surface area contributed by atoms with Crippen molar-refractivity contribution in [3.05, 3.63) is 176 Å². The predicted octanol–water partition coefficient (Wildman–Crippen LogP) is 16.2. The molecule has 2 aliphatic rings. The Hall–Kier alpha value is -8.38. The third-order valence-corrected chi connectivity index (χ3v) is 13.0. The molecule has 7 aromatic rings. The number of rotatable bonds is 4. The summed E-state index contributed by atoms with van der Waals surface area (Å²) in [4.78, 5) is 0.406. The average Bonchev–Trinajstić information content (AvgIpc) is 3.94. The van der Waals surface area contributed by atoms with Crippen LogP contribution < -0.4 is 0 Å². The number of hydrogen-bond acceptors (Lipinski definition) is 5. The first-order valence-corrected chi connectivity index (χ1v) is 20.7. The van der Waals surface area contributed by atoms with E-state index in [0.717, 1.165) is 84.1 Å². The van der Waals surface area contributed by atoms with Gasteiger partial charge in [-0.3, -0.25) is 0 Å². The van der Waals surface area contributed by atoms with Crippen LogP contribution in [0.15, 0.2) is 132 Å². The quantitative estimate of drug-likeness (QED) is 0.130. The van der Waals surface area contributed by atoms with Crippen LogP contribution in [-0.2, 0) is 24.7 Å². The van der Waals surface area contributed by atoms with Gasteiger partial charge in [-0.25, -0.2) is 0 Å². The Kier molecular flexibility index (Phi) is 10.7. The number of halogens is 12. The van der Waals surface area contributed by atoms with Crippen LogP contribution in [0.2, 0.25) is 0 Å². The molecule has 1 aromatic heterocycles. The van der Waals surface area contributed by atoms with E-state index in [-0.39, 0.29) is 98.8 Å². The maximum absolute atomic E-state index is 13.9. The average molecular weight is 961 g/mol. The molecular weight excluding hydrogens is 941 g/mol. The van der Waals surface area contributed by atoms with E-state index in [2.05, 4.69) is 0 Å². The summed E-state index contributed by atoms with van der Waals surface area (Å²) < 4.78 is 166. The molecule has 0 atom stereocenters. The molecule has 1 heterocycles. The number of nitrogens with zero attached hydrogens (tertiary/aromatic N) is 4. The van der Waals surface area contributed by atoms with Gasteiger partial charge in [0.1, 0.15) is 35.4 Å². The van der Waals surface area contributed by atoms with Gasteiger partial charge in [-0.15, -0.1) is 11.3 Å². The second kappa shape index (κ2) is 16.2. The molecular formula is C52H20F12N4S. The van der Waals surface area contributed by atoms with Crippen LogP contribution >= 0.6 is 11.3 Å². The SMILES string of the molecule is N#CC(C#N)=C1c2cc(-c3ccc(C(F)(F)F)cc3)cc(-c3ccc(C(F)(F)F)cc3)c2-c2c1sc1c2-c2c(cc(-c3ccc(C(F)(F)F)cc3)cc2-c2ccc(C(F)(F)F)cc2)C1=C(C#N)C#N. The van der Waals surface area contributed by atoms with Gasteiger partial charge in [0.25, 0.3) is 0 Å². The van der Waals surface area contributed by atoms with Crippen molar-refractivity contribution in [1.82, 2.24) is 0 Å². The van der Waals surface area contributed by atoms with E-state index in [9.17, 15) is 73.7 Å². The maximum Gasteiger partial charge on any atom is 0.416 e. The molecule has 0 spiro atoms. The first-order chi connectivity index (χ1) is 32.6. The Morgan fingerprint density at radius 3 is 0.812 bits per heavy atom. The minimum Gasteiger partial charge on any atom is -0.192 e. The van der Waals surface area contributed by atoms with E-state index in [1.807, 2.05) is 24.3 Å². The lowest BCUT2D eigenvalue weighted by Crippen LogP contribution is -2.04. The van der Waals surface area contributed by atoms with Crippen LogP contribution in [0.1, 0.15) is 43.1 Å². The van der Waals surface area contributed by atoms with Crippen molar-refractivity contribution in [3.8, 4) is 91.0 Å². The molecule has 0 fully saturated rings. The van der Waals surface area contributed by atoms with Gasteiger partial charge in [-0.2, -0.15) is 73.7 Å². The summed E-state index contributed by atoms with van der Waals surface area (Å²) >= 11 is 0.923. The summed E-state index contributed by atoms with van der Waals surface area (Å²) in [5.74, 6) is 0. The molecule has 0 bridgehead atoms. The molecule has 69 heavy (non-hydrogen) atoms. The standard InChI is InChI=1S/C52H20F12N4S/c53-49(54,55)33-9-1-25(2-10-33)29-17-37(27-5-13-35(14-6-27)51(59,60)61)43-39(19-29)41(31(21-65)22-66)47-45(43)46-44-38(28-7-15-36(16-8-28)52(62,63)64)18-30(26-3-11-34(12-4-26)50(56,57)58)20-40(44)42(48(46)69-47)32(23-67)24-68/h1-20H. The highest BCUT2D eigenvalue weighted by atomic mass is 32.1. The third kappa shape index (κ3) is 7.77. The predicted molar refractivity (Wildman–Crippen MR) is 231 cm³/mol. The van der Waals surface area contributed by atoms with Crippen LogP contribution in [0.3, 0.4) is 0 Å². The number of hydrogen-bond donors (Lipinski definition) is 0. The Bertz CT molecular complexity index is 3280. The topological polar surface area (TPSA) is 95.2 Å². The van der Waals surface area contributed by atoms with Gasteiger partial charge in [-0.05, 0) is 140 Å². The lowest BCUT2D eigenvalue weighted by molar-refractivity contribution is -0.138. The van der Waals surface area contributed by atoms with Gasteiger partial charge in [0.05, 0.1) is 22.3 Å². The highest BCUT2D eigenvalue weighted by Gasteiger charge is 2.43. The molecule has 0 amide bonds. The fraction of sp³-hybridized carbons (Fsp3) is 0.0769. The molecule has 0 saturated heterocycles. The summed E-state index contributed by atoms with van der Waals surface area (Å²) in [5.41, 5.74) is -2.27. The number of thiophene rings is 1. The zero-order chi connectivity index (χ0) is 49.5. The zero-order valence-electron chi connectivity index (χ0n) is 34.3. The monoisotopic (exact) mass is 960 g/mol. The van der Waals surface area contributed by atoms with Gasteiger partial charge < -0.3 is 0 Å². The smallest absolute Gasteiger partial charge is 0.192 e. The van der Waals surface area contributed by atoms with Gasteiger partial charge in [0, 0.05) is 32.0 Å². The minimum atomic E-state index is -4.77. The largest absolute Gasteiger partial charge is 0.416 e. The molecule has 0 N–H and O–H groups in total. The molecule has 17 heteroatoms. The maximum atomic E-state index is 13.9.